The molecule has 35 heavy (non-hydrogen) atoms. The normalized spacial score (nSPS) is 24.5. The number of nitrogens with zero attached hydrogens (tertiary/aromatic N) is 1. The molecular formula is C25H33NO9. The van der Waals surface area contributed by atoms with Crippen molar-refractivity contribution in [2.75, 3.05) is 19.8 Å². The average Bonchev–Trinajstić information content (AvgIpc) is 3.15. The van der Waals surface area contributed by atoms with E-state index in [1.54, 1.807) is 24.3 Å². The predicted octanol–water partition coefficient (Wildman–Crippen LogP) is 2.22. The van der Waals surface area contributed by atoms with Crippen LogP contribution in [-0.4, -0.2) is 78.1 Å². The Labute approximate surface area is 207 Å². The Hall–Kier alpha value is -2.82. The molecule has 1 aromatic carbocycles. The van der Waals surface area contributed by atoms with Crippen LogP contribution in [0.25, 0.3) is 0 Å². The second-order valence-electron chi connectivity index (χ2n) is 8.47. The number of hydrogen-bond donors (Lipinski definition) is 1. The fourth-order valence-electron chi connectivity index (χ4n) is 4.19. The summed E-state index contributed by atoms with van der Waals surface area (Å²) in [5.74, 6) is -2.21. The summed E-state index contributed by atoms with van der Waals surface area (Å²) in [5.41, 5.74) is 0.926. The number of esters is 2. The van der Waals surface area contributed by atoms with Gasteiger partial charge in [0.1, 0.15) is 6.10 Å². The molecule has 0 saturated carbocycles. The van der Waals surface area contributed by atoms with E-state index in [4.69, 9.17) is 21.7 Å². The van der Waals surface area contributed by atoms with E-state index in [2.05, 4.69) is 0 Å². The molecular weight excluding hydrogens is 458 g/mol. The molecule has 1 unspecified atom stereocenters. The van der Waals surface area contributed by atoms with Gasteiger partial charge in [-0.05, 0) is 25.0 Å². The summed E-state index contributed by atoms with van der Waals surface area (Å²) in [5, 5.41) is 10.5. The van der Waals surface area contributed by atoms with Crippen LogP contribution in [0.3, 0.4) is 0 Å². The lowest BCUT2D eigenvalue weighted by molar-refractivity contribution is -0.276. The minimum atomic E-state index is -1.42. The Morgan fingerprint density at radius 3 is 2.26 bits per heavy atom. The van der Waals surface area contributed by atoms with Crippen LogP contribution in [-0.2, 0) is 28.5 Å². The van der Waals surface area contributed by atoms with Crippen molar-refractivity contribution >= 4 is 23.8 Å². The third-order valence-corrected chi connectivity index (χ3v) is 5.89. The highest BCUT2D eigenvalue weighted by molar-refractivity contribution is 6.21. The van der Waals surface area contributed by atoms with Crippen LogP contribution in [0.1, 0.15) is 75.8 Å². The zero-order valence-electron chi connectivity index (χ0n) is 21.6. The van der Waals surface area contributed by atoms with Gasteiger partial charge in [0.05, 0.1) is 17.7 Å². The Bertz CT molecular complexity index is 925. The number of benzene rings is 1. The lowest BCUT2D eigenvalue weighted by atomic mass is 10.0. The molecule has 3 rings (SSSR count). The molecule has 0 spiro atoms. The minimum Gasteiger partial charge on any atom is -0.456 e. The maximum absolute atomic E-state index is 12.4. The number of aliphatic hydroxyl groups is 1. The van der Waals surface area contributed by atoms with Gasteiger partial charge in [-0.2, -0.15) is 0 Å². The van der Waals surface area contributed by atoms with Crippen molar-refractivity contribution in [2.45, 2.75) is 76.9 Å². The van der Waals surface area contributed by atoms with E-state index in [9.17, 15) is 24.3 Å². The molecule has 1 N–H and O–H groups in total. The number of rotatable bonds is 12. The molecule has 2 amide bonds. The van der Waals surface area contributed by atoms with E-state index in [1.807, 2.05) is 0 Å². The molecule has 1 aromatic rings. The van der Waals surface area contributed by atoms with Crippen LogP contribution in [0, 0.1) is 0 Å². The molecule has 10 nitrogen and oxygen atoms in total. The molecule has 192 valence electrons. The fourth-order valence-corrected chi connectivity index (χ4v) is 4.19. The van der Waals surface area contributed by atoms with Crippen LogP contribution < -0.4 is 0 Å². The van der Waals surface area contributed by atoms with Gasteiger partial charge in [-0.1, -0.05) is 37.8 Å². The molecule has 10 heteroatoms. The first-order chi connectivity index (χ1) is 17.9. The molecule has 2 aliphatic rings. The van der Waals surface area contributed by atoms with Crippen molar-refractivity contribution in [3.63, 3.8) is 0 Å². The van der Waals surface area contributed by atoms with E-state index in [0.717, 1.165) is 32.1 Å². The monoisotopic (exact) mass is 493 g/mol. The summed E-state index contributed by atoms with van der Waals surface area (Å²) in [6.07, 6.45) is 0.154. The molecule has 1 fully saturated rings. The zero-order chi connectivity index (χ0) is 26.8. The quantitative estimate of drug-likeness (QED) is 0.265. The van der Waals surface area contributed by atoms with E-state index in [-0.39, 0.29) is 25.0 Å². The van der Waals surface area contributed by atoms with Crippen molar-refractivity contribution in [3.8, 4) is 0 Å². The third-order valence-electron chi connectivity index (χ3n) is 5.89. The van der Waals surface area contributed by atoms with E-state index in [1.165, 1.54) is 4.90 Å². The molecule has 0 radical (unpaired) electrons. The first-order valence-electron chi connectivity index (χ1n) is 13.1. The topological polar surface area (TPSA) is 129 Å². The number of imide groups is 1. The lowest BCUT2D eigenvalue weighted by Gasteiger charge is -2.38. The summed E-state index contributed by atoms with van der Waals surface area (Å²) >= 11 is 0. The second kappa shape index (κ2) is 12.8. The highest BCUT2D eigenvalue weighted by Gasteiger charge is 2.44. The lowest BCUT2D eigenvalue weighted by Crippen LogP contribution is -2.56. The minimum absolute atomic E-state index is 0.184. The Balaban J connectivity index is 1.30. The van der Waals surface area contributed by atoms with Crippen molar-refractivity contribution in [1.82, 2.24) is 4.90 Å². The average molecular weight is 494 g/mol. The number of carbonyl (C=O) groups excluding carboxylic acids is 4. The highest BCUT2D eigenvalue weighted by atomic mass is 16.7. The van der Waals surface area contributed by atoms with Crippen molar-refractivity contribution in [2.24, 2.45) is 0 Å². The molecule has 2 heterocycles. The highest BCUT2D eigenvalue weighted by Crippen LogP contribution is 2.24. The summed E-state index contributed by atoms with van der Waals surface area (Å²) in [7, 11) is 0. The SMILES string of the molecule is [2H]CC(=O)O[C@H]1[C@H](OC(=O)C[2H])COC(OCCCCCCCCN2C(=O)c3ccccc3C2=O)[C@@H]1O. The van der Waals surface area contributed by atoms with Gasteiger partial charge >= 0.3 is 11.9 Å². The van der Waals surface area contributed by atoms with Crippen LogP contribution in [0.2, 0.25) is 0 Å². The number of amides is 2. The summed E-state index contributed by atoms with van der Waals surface area (Å²) in [6, 6.07) is 6.84. The van der Waals surface area contributed by atoms with Gasteiger partial charge in [-0.3, -0.25) is 24.1 Å². The van der Waals surface area contributed by atoms with Gasteiger partial charge in [-0.15, -0.1) is 0 Å². The standard InChI is InChI=1S/C25H33NO9/c1-16(27)34-20-15-33-25(21(29)22(20)35-17(2)28)32-14-10-6-4-3-5-9-13-26-23(30)18-11-7-8-12-19(18)24(26)31/h7-8,11-12,20-22,25,29H,3-6,9-10,13-15H2,1-2H3/t20-,21-,22+,25?/m1/s1/i1D,2D. The summed E-state index contributed by atoms with van der Waals surface area (Å²) < 4.78 is 35.3. The van der Waals surface area contributed by atoms with Gasteiger partial charge in [0.25, 0.3) is 11.8 Å². The van der Waals surface area contributed by atoms with Crippen LogP contribution in [0.15, 0.2) is 24.3 Å². The number of unbranched alkanes of at least 4 members (excludes halogenated alkanes) is 5. The number of ether oxygens (including phenoxy) is 4. The van der Waals surface area contributed by atoms with Gasteiger partial charge < -0.3 is 24.1 Å². The van der Waals surface area contributed by atoms with Crippen molar-refractivity contribution in [3.05, 3.63) is 35.4 Å². The molecule has 0 aliphatic carbocycles. The largest absolute Gasteiger partial charge is 0.456 e. The molecule has 0 bridgehead atoms. The second-order valence-corrected chi connectivity index (χ2v) is 8.47. The van der Waals surface area contributed by atoms with Crippen LogP contribution in [0.4, 0.5) is 0 Å². The first kappa shape index (κ1) is 23.9. The van der Waals surface area contributed by atoms with Gasteiger partial charge in [-0.25, -0.2) is 0 Å². The summed E-state index contributed by atoms with van der Waals surface area (Å²) in [6.45, 7) is -0.790. The van der Waals surface area contributed by atoms with Gasteiger partial charge in [0.2, 0.25) is 0 Å². The van der Waals surface area contributed by atoms with Gasteiger partial charge in [0, 0.05) is 29.7 Å². The maximum Gasteiger partial charge on any atom is 0.303 e. The van der Waals surface area contributed by atoms with Gasteiger partial charge in [0.15, 0.2) is 18.5 Å². The summed E-state index contributed by atoms with van der Waals surface area (Å²) in [4.78, 5) is 49.1. The first-order valence-corrected chi connectivity index (χ1v) is 11.7. The smallest absolute Gasteiger partial charge is 0.303 e. The molecule has 1 saturated heterocycles. The number of hydrogen-bond acceptors (Lipinski definition) is 9. The van der Waals surface area contributed by atoms with Crippen molar-refractivity contribution in [1.29, 1.82) is 0 Å². The third kappa shape index (κ3) is 7.09. The molecule has 2 aliphatic heterocycles. The number of carbonyl (C=O) groups is 4. The van der Waals surface area contributed by atoms with E-state index in [0.29, 0.717) is 24.1 Å². The molecule has 4 atom stereocenters. The molecule has 0 aromatic heterocycles. The number of fused-ring (bicyclic) bond motifs is 1. The predicted molar refractivity (Wildman–Crippen MR) is 122 cm³/mol. The van der Waals surface area contributed by atoms with Crippen LogP contribution in [0.5, 0.6) is 0 Å². The van der Waals surface area contributed by atoms with E-state index >= 15 is 0 Å². The number of aliphatic hydroxyl groups excluding tert-OH is 1. The Kier molecular flexibility index (Phi) is 8.71. The van der Waals surface area contributed by atoms with Crippen molar-refractivity contribution < 1.29 is 46.0 Å². The maximum atomic E-state index is 12.4. The Morgan fingerprint density at radius 2 is 1.60 bits per heavy atom. The Morgan fingerprint density at radius 1 is 1.00 bits per heavy atom. The van der Waals surface area contributed by atoms with Crippen LogP contribution >= 0.6 is 0 Å². The van der Waals surface area contributed by atoms with E-state index < -0.39 is 50.3 Å². The zero-order valence-corrected chi connectivity index (χ0v) is 19.6. The fraction of sp³-hybridized carbons (Fsp3) is 0.600.